The monoisotopic (exact) mass is 210 g/mol. The molecule has 0 unspecified atom stereocenters. The SMILES string of the molecule is CCCC(=O)N(c1nc(C)co1)C(C)C. The molecule has 0 atom stereocenters. The predicted octanol–water partition coefficient (Wildman–Crippen LogP) is 2.52. The molecule has 1 aromatic rings. The van der Waals surface area contributed by atoms with E-state index in [0.29, 0.717) is 12.4 Å². The Labute approximate surface area is 90.3 Å². The molecule has 84 valence electrons. The number of amides is 1. The summed E-state index contributed by atoms with van der Waals surface area (Å²) in [5.74, 6) is 0.0642. The minimum absolute atomic E-state index is 0.0642. The van der Waals surface area contributed by atoms with Gasteiger partial charge in [0.15, 0.2) is 0 Å². The summed E-state index contributed by atoms with van der Waals surface area (Å²) in [4.78, 5) is 17.6. The van der Waals surface area contributed by atoms with E-state index in [9.17, 15) is 4.79 Å². The molecule has 4 heteroatoms. The van der Waals surface area contributed by atoms with Crippen molar-refractivity contribution in [3.05, 3.63) is 12.0 Å². The minimum Gasteiger partial charge on any atom is -0.431 e. The zero-order valence-electron chi connectivity index (χ0n) is 9.78. The summed E-state index contributed by atoms with van der Waals surface area (Å²) in [6, 6.07) is 0.475. The van der Waals surface area contributed by atoms with E-state index in [1.165, 1.54) is 0 Å². The molecule has 4 nitrogen and oxygen atoms in total. The van der Waals surface area contributed by atoms with Gasteiger partial charge >= 0.3 is 6.01 Å². The average Bonchev–Trinajstić information content (AvgIpc) is 2.51. The first-order valence-electron chi connectivity index (χ1n) is 5.30. The molecule has 0 aliphatic carbocycles. The highest BCUT2D eigenvalue weighted by molar-refractivity contribution is 5.91. The van der Waals surface area contributed by atoms with Crippen LogP contribution < -0.4 is 4.90 Å². The van der Waals surface area contributed by atoms with Gasteiger partial charge in [0, 0.05) is 12.5 Å². The molecule has 0 fully saturated rings. The molecule has 15 heavy (non-hydrogen) atoms. The van der Waals surface area contributed by atoms with Gasteiger partial charge < -0.3 is 4.42 Å². The van der Waals surface area contributed by atoms with E-state index in [2.05, 4.69) is 4.98 Å². The quantitative estimate of drug-likeness (QED) is 0.767. The third-order valence-corrected chi connectivity index (χ3v) is 2.06. The van der Waals surface area contributed by atoms with Gasteiger partial charge in [0.1, 0.15) is 6.26 Å². The lowest BCUT2D eigenvalue weighted by molar-refractivity contribution is -0.119. The fraction of sp³-hybridized carbons (Fsp3) is 0.636. The first-order valence-corrected chi connectivity index (χ1v) is 5.30. The number of nitrogens with zero attached hydrogens (tertiary/aromatic N) is 2. The lowest BCUT2D eigenvalue weighted by atomic mass is 10.2. The summed E-state index contributed by atoms with van der Waals surface area (Å²) in [6.45, 7) is 7.73. The summed E-state index contributed by atoms with van der Waals surface area (Å²) in [7, 11) is 0. The Bertz CT molecular complexity index is 331. The summed E-state index contributed by atoms with van der Waals surface area (Å²) in [5, 5.41) is 0. The number of anilines is 1. The number of carbonyl (C=O) groups excluding carboxylic acids is 1. The van der Waals surface area contributed by atoms with E-state index < -0.39 is 0 Å². The highest BCUT2D eigenvalue weighted by Crippen LogP contribution is 2.17. The van der Waals surface area contributed by atoms with E-state index in [4.69, 9.17) is 4.42 Å². The van der Waals surface area contributed by atoms with Crippen molar-refractivity contribution in [2.75, 3.05) is 4.90 Å². The maximum atomic E-state index is 11.8. The van der Waals surface area contributed by atoms with Crippen LogP contribution in [0.3, 0.4) is 0 Å². The maximum Gasteiger partial charge on any atom is 0.304 e. The van der Waals surface area contributed by atoms with Crippen molar-refractivity contribution in [2.45, 2.75) is 46.6 Å². The normalized spacial score (nSPS) is 10.7. The van der Waals surface area contributed by atoms with Crippen molar-refractivity contribution < 1.29 is 9.21 Å². The average molecular weight is 210 g/mol. The van der Waals surface area contributed by atoms with Crippen LogP contribution in [0.25, 0.3) is 0 Å². The molecule has 1 aromatic heterocycles. The van der Waals surface area contributed by atoms with E-state index in [-0.39, 0.29) is 11.9 Å². The third kappa shape index (κ3) is 2.81. The second-order valence-electron chi connectivity index (χ2n) is 3.88. The van der Waals surface area contributed by atoms with Gasteiger partial charge in [-0.3, -0.25) is 9.69 Å². The molecule has 0 saturated carbocycles. The summed E-state index contributed by atoms with van der Waals surface area (Å²) in [5.41, 5.74) is 0.792. The van der Waals surface area contributed by atoms with Gasteiger partial charge in [-0.1, -0.05) is 6.92 Å². The van der Waals surface area contributed by atoms with Crippen LogP contribution in [0.2, 0.25) is 0 Å². The van der Waals surface area contributed by atoms with Crippen molar-refractivity contribution in [1.29, 1.82) is 0 Å². The van der Waals surface area contributed by atoms with E-state index in [1.807, 2.05) is 27.7 Å². The van der Waals surface area contributed by atoms with Crippen LogP contribution in [-0.2, 0) is 4.79 Å². The van der Waals surface area contributed by atoms with Crippen LogP contribution >= 0.6 is 0 Å². The van der Waals surface area contributed by atoms with Crippen LogP contribution in [0.4, 0.5) is 6.01 Å². The largest absolute Gasteiger partial charge is 0.431 e. The Kier molecular flexibility index (Phi) is 3.88. The smallest absolute Gasteiger partial charge is 0.304 e. The molecule has 0 saturated heterocycles. The third-order valence-electron chi connectivity index (χ3n) is 2.06. The fourth-order valence-corrected chi connectivity index (χ4v) is 1.40. The van der Waals surface area contributed by atoms with Crippen LogP contribution in [0.1, 0.15) is 39.3 Å². The topological polar surface area (TPSA) is 46.3 Å². The molecule has 0 aliphatic heterocycles. The number of hydrogen-bond acceptors (Lipinski definition) is 3. The van der Waals surface area contributed by atoms with Gasteiger partial charge in [0.2, 0.25) is 5.91 Å². The second kappa shape index (κ2) is 4.96. The van der Waals surface area contributed by atoms with Gasteiger partial charge in [0.25, 0.3) is 0 Å². The Hall–Kier alpha value is -1.32. The van der Waals surface area contributed by atoms with Crippen LogP contribution in [0.15, 0.2) is 10.7 Å². The number of oxazole rings is 1. The van der Waals surface area contributed by atoms with Crippen molar-refractivity contribution >= 4 is 11.9 Å². The molecule has 0 aliphatic rings. The standard InChI is InChI=1S/C11H18N2O2/c1-5-6-10(14)13(8(2)3)11-12-9(4)7-15-11/h7-8H,5-6H2,1-4H3. The summed E-state index contributed by atoms with van der Waals surface area (Å²) >= 11 is 0. The van der Waals surface area contributed by atoms with Crippen molar-refractivity contribution in [1.82, 2.24) is 4.98 Å². The highest BCUT2D eigenvalue weighted by Gasteiger charge is 2.22. The molecule has 1 heterocycles. The van der Waals surface area contributed by atoms with Gasteiger partial charge in [-0.25, -0.2) is 0 Å². The zero-order chi connectivity index (χ0) is 11.4. The van der Waals surface area contributed by atoms with E-state index in [1.54, 1.807) is 11.2 Å². The highest BCUT2D eigenvalue weighted by atomic mass is 16.4. The van der Waals surface area contributed by atoms with Crippen molar-refractivity contribution in [3.63, 3.8) is 0 Å². The van der Waals surface area contributed by atoms with Gasteiger partial charge in [0.05, 0.1) is 5.69 Å². The Morgan fingerprint density at radius 3 is 2.67 bits per heavy atom. The number of hydrogen-bond donors (Lipinski definition) is 0. The van der Waals surface area contributed by atoms with Crippen molar-refractivity contribution in [2.24, 2.45) is 0 Å². The minimum atomic E-state index is 0.0642. The zero-order valence-corrected chi connectivity index (χ0v) is 9.78. The first-order chi connectivity index (χ1) is 7.06. The van der Waals surface area contributed by atoms with Gasteiger partial charge in [-0.15, -0.1) is 0 Å². The molecular weight excluding hydrogens is 192 g/mol. The number of aromatic nitrogens is 1. The number of rotatable bonds is 4. The molecule has 0 spiro atoms. The Morgan fingerprint density at radius 1 is 1.60 bits per heavy atom. The second-order valence-corrected chi connectivity index (χ2v) is 3.88. The van der Waals surface area contributed by atoms with E-state index >= 15 is 0 Å². The van der Waals surface area contributed by atoms with Crippen LogP contribution in [0, 0.1) is 6.92 Å². The lowest BCUT2D eigenvalue weighted by Gasteiger charge is -2.22. The maximum absolute atomic E-state index is 11.8. The van der Waals surface area contributed by atoms with Gasteiger partial charge in [-0.05, 0) is 27.2 Å². The predicted molar refractivity (Wildman–Crippen MR) is 58.8 cm³/mol. The summed E-state index contributed by atoms with van der Waals surface area (Å²) in [6.07, 6.45) is 2.92. The van der Waals surface area contributed by atoms with Crippen LogP contribution in [-0.4, -0.2) is 16.9 Å². The van der Waals surface area contributed by atoms with Crippen LogP contribution in [0.5, 0.6) is 0 Å². The Balaban J connectivity index is 2.88. The molecule has 0 radical (unpaired) electrons. The van der Waals surface area contributed by atoms with E-state index in [0.717, 1.165) is 12.1 Å². The molecule has 1 rings (SSSR count). The number of aryl methyl sites for hydroxylation is 1. The summed E-state index contributed by atoms with van der Waals surface area (Å²) < 4.78 is 5.25. The molecule has 0 N–H and O–H groups in total. The molecule has 0 aromatic carbocycles. The lowest BCUT2D eigenvalue weighted by Crippen LogP contribution is -2.37. The Morgan fingerprint density at radius 2 is 2.27 bits per heavy atom. The number of carbonyl (C=O) groups is 1. The molecule has 1 amide bonds. The van der Waals surface area contributed by atoms with Gasteiger partial charge in [-0.2, -0.15) is 4.98 Å². The van der Waals surface area contributed by atoms with Crippen molar-refractivity contribution in [3.8, 4) is 0 Å². The molecule has 0 bridgehead atoms. The first kappa shape index (κ1) is 11.8. The molecular formula is C11H18N2O2. The fourth-order valence-electron chi connectivity index (χ4n) is 1.40.